The fraction of sp³-hybridized carbons (Fsp3) is 0.188. The third-order valence-electron chi connectivity index (χ3n) is 7.33. The van der Waals surface area contributed by atoms with E-state index < -0.39 is 53.0 Å². The average molecular weight is 670 g/mol. The van der Waals surface area contributed by atoms with Crippen molar-refractivity contribution in [3.63, 3.8) is 0 Å². The second kappa shape index (κ2) is 14.0. The Bertz CT molecular complexity index is 1850. The van der Waals surface area contributed by atoms with Crippen LogP contribution in [0.2, 0.25) is 0 Å². The molecule has 4 aromatic carbocycles. The molecule has 47 heavy (non-hydrogen) atoms. The van der Waals surface area contributed by atoms with Gasteiger partial charge in [-0.05, 0) is 45.8 Å². The summed E-state index contributed by atoms with van der Waals surface area (Å²) in [5.41, 5.74) is 1.33. The molecule has 242 valence electrons. The average Bonchev–Trinajstić information content (AvgIpc) is 3.58. The number of carbonyl (C=O) groups is 1. The zero-order chi connectivity index (χ0) is 33.1. The van der Waals surface area contributed by atoms with Crippen LogP contribution in [-0.4, -0.2) is 43.1 Å². The molecule has 2 heterocycles. The molecule has 6 rings (SSSR count). The lowest BCUT2D eigenvalue weighted by atomic mass is 10.0. The Balaban J connectivity index is 1.20. The summed E-state index contributed by atoms with van der Waals surface area (Å²) in [6.45, 7) is -0.111. The monoisotopic (exact) mass is 669 g/mol. The van der Waals surface area contributed by atoms with Gasteiger partial charge in [0, 0.05) is 23.4 Å². The van der Waals surface area contributed by atoms with Gasteiger partial charge in [-0.1, -0.05) is 66.4 Å². The maximum Gasteiger partial charge on any atom is 0.261 e. The fourth-order valence-electron chi connectivity index (χ4n) is 4.91. The summed E-state index contributed by atoms with van der Waals surface area (Å²) in [7, 11) is 0. The van der Waals surface area contributed by atoms with Crippen LogP contribution in [-0.2, 0) is 16.1 Å². The van der Waals surface area contributed by atoms with Crippen LogP contribution in [0.5, 0.6) is 0 Å². The van der Waals surface area contributed by atoms with Crippen molar-refractivity contribution >= 4 is 23.4 Å². The van der Waals surface area contributed by atoms with Crippen molar-refractivity contribution < 1.29 is 41.3 Å². The number of amides is 1. The van der Waals surface area contributed by atoms with Crippen LogP contribution < -0.4 is 5.32 Å². The van der Waals surface area contributed by atoms with Gasteiger partial charge in [0.25, 0.3) is 5.91 Å². The molecule has 1 amide bonds. The Morgan fingerprint density at radius 3 is 2.15 bits per heavy atom. The van der Waals surface area contributed by atoms with E-state index in [0.29, 0.717) is 22.9 Å². The van der Waals surface area contributed by atoms with Gasteiger partial charge in [-0.15, -0.1) is 5.10 Å². The van der Waals surface area contributed by atoms with Gasteiger partial charge in [0.05, 0.1) is 24.5 Å². The van der Waals surface area contributed by atoms with E-state index >= 15 is 0 Å². The number of aromatic nitrogens is 4. The van der Waals surface area contributed by atoms with Crippen molar-refractivity contribution in [3.8, 4) is 5.69 Å². The molecule has 9 nitrogen and oxygen atoms in total. The third kappa shape index (κ3) is 6.88. The summed E-state index contributed by atoms with van der Waals surface area (Å²) in [6.07, 6.45) is -1.17. The van der Waals surface area contributed by atoms with E-state index in [1.165, 1.54) is 36.0 Å². The number of benzene rings is 4. The molecule has 0 radical (unpaired) electrons. The smallest absolute Gasteiger partial charge is 0.261 e. The highest BCUT2D eigenvalue weighted by Gasteiger charge is 2.33. The van der Waals surface area contributed by atoms with E-state index in [4.69, 9.17) is 9.47 Å². The minimum Gasteiger partial charge on any atom is -0.392 e. The molecule has 0 bridgehead atoms. The maximum absolute atomic E-state index is 14.1. The highest BCUT2D eigenvalue weighted by molar-refractivity contribution is 7.99. The van der Waals surface area contributed by atoms with E-state index in [2.05, 4.69) is 20.8 Å². The van der Waals surface area contributed by atoms with Crippen LogP contribution in [0.4, 0.5) is 27.6 Å². The van der Waals surface area contributed by atoms with Gasteiger partial charge in [0.1, 0.15) is 5.56 Å². The molecule has 1 aromatic heterocycles. The molecule has 2 N–H and O–H groups in total. The summed E-state index contributed by atoms with van der Waals surface area (Å²) in [6, 6.07) is 22.5. The summed E-state index contributed by atoms with van der Waals surface area (Å²) in [5.74, 6) is -12.3. The molecule has 15 heteroatoms. The van der Waals surface area contributed by atoms with Crippen LogP contribution >= 0.6 is 11.8 Å². The molecule has 1 fully saturated rings. The number of anilines is 1. The Morgan fingerprint density at radius 1 is 0.851 bits per heavy atom. The van der Waals surface area contributed by atoms with Crippen LogP contribution in [0.1, 0.15) is 45.9 Å². The highest BCUT2D eigenvalue weighted by Crippen LogP contribution is 2.39. The predicted molar refractivity (Wildman–Crippen MR) is 159 cm³/mol. The number of halogens is 5. The first-order valence-corrected chi connectivity index (χ1v) is 15.1. The number of aliphatic hydroxyl groups is 1. The van der Waals surface area contributed by atoms with Gasteiger partial charge in [-0.3, -0.25) is 4.79 Å². The molecule has 1 aliphatic rings. The molecule has 0 saturated carbocycles. The first kappa shape index (κ1) is 32.2. The number of para-hydroxylation sites is 1. The van der Waals surface area contributed by atoms with Gasteiger partial charge in [0.15, 0.2) is 29.6 Å². The molecule has 3 atom stereocenters. The fourth-order valence-corrected chi connectivity index (χ4v) is 5.82. The summed E-state index contributed by atoms with van der Waals surface area (Å²) < 4.78 is 83.2. The lowest BCUT2D eigenvalue weighted by Gasteiger charge is -2.36. The molecule has 1 saturated heterocycles. The van der Waals surface area contributed by atoms with Gasteiger partial charge in [-0.25, -0.2) is 22.0 Å². The van der Waals surface area contributed by atoms with Crippen molar-refractivity contribution in [3.05, 3.63) is 130 Å². The Kier molecular flexibility index (Phi) is 9.58. The molecule has 5 aromatic rings. The Hall–Kier alpha value is -4.70. The second-order valence-corrected chi connectivity index (χ2v) is 11.4. The number of rotatable bonds is 9. The summed E-state index contributed by atoms with van der Waals surface area (Å²) in [5, 5.41) is 24.2. The second-order valence-electron chi connectivity index (χ2n) is 10.4. The normalized spacial score (nSPS) is 17.9. The van der Waals surface area contributed by atoms with Gasteiger partial charge in [-0.2, -0.15) is 4.68 Å². The quantitative estimate of drug-likeness (QED) is 0.0799. The van der Waals surface area contributed by atoms with Crippen LogP contribution in [0.25, 0.3) is 5.69 Å². The molecule has 0 aliphatic carbocycles. The van der Waals surface area contributed by atoms with Gasteiger partial charge >= 0.3 is 0 Å². The van der Waals surface area contributed by atoms with E-state index in [0.717, 1.165) is 16.8 Å². The third-order valence-corrected chi connectivity index (χ3v) is 8.38. The number of nitrogens with one attached hydrogen (secondary N) is 1. The number of thioether (sulfide) groups is 1. The number of ether oxygens (including phenoxy) is 2. The number of carbonyl (C=O) groups excluding carboxylic acids is 1. The first-order valence-electron chi connectivity index (χ1n) is 14.1. The van der Waals surface area contributed by atoms with Crippen LogP contribution in [0.3, 0.4) is 0 Å². The zero-order valence-corrected chi connectivity index (χ0v) is 24.9. The predicted octanol–water partition coefficient (Wildman–Crippen LogP) is 6.44. The lowest BCUT2D eigenvalue weighted by molar-refractivity contribution is -0.245. The van der Waals surface area contributed by atoms with E-state index in [-0.39, 0.29) is 18.4 Å². The number of tetrazole rings is 1. The van der Waals surface area contributed by atoms with E-state index in [1.807, 2.05) is 42.5 Å². The Labute approximate surface area is 268 Å². The number of aliphatic hydroxyl groups excluding tert-OH is 1. The minimum absolute atomic E-state index is 0.0227. The molecular formula is C32H24F5N5O4S. The lowest BCUT2D eigenvalue weighted by Crippen LogP contribution is -2.31. The van der Waals surface area contributed by atoms with Crippen molar-refractivity contribution in [2.45, 2.75) is 36.7 Å². The topological polar surface area (TPSA) is 111 Å². The van der Waals surface area contributed by atoms with Crippen molar-refractivity contribution in [1.82, 2.24) is 20.2 Å². The Morgan fingerprint density at radius 2 is 1.49 bits per heavy atom. The van der Waals surface area contributed by atoms with E-state index in [1.54, 1.807) is 16.8 Å². The zero-order valence-electron chi connectivity index (χ0n) is 24.1. The molecule has 0 spiro atoms. The largest absolute Gasteiger partial charge is 0.392 e. The summed E-state index contributed by atoms with van der Waals surface area (Å²) in [4.78, 5) is 12.5. The maximum atomic E-state index is 14.1. The van der Waals surface area contributed by atoms with Crippen LogP contribution in [0, 0.1) is 29.1 Å². The first-order chi connectivity index (χ1) is 22.7. The van der Waals surface area contributed by atoms with Crippen molar-refractivity contribution in [2.24, 2.45) is 0 Å². The SMILES string of the molecule is O=C(Nc1ccc(C2OC(CSc3nnnn3-c3ccccc3)CC(c3ccc(CO)cc3)O2)cc1)c1c(F)c(F)c(F)c(F)c1F. The van der Waals surface area contributed by atoms with Crippen molar-refractivity contribution in [1.29, 1.82) is 0 Å². The van der Waals surface area contributed by atoms with Gasteiger partial charge < -0.3 is 19.9 Å². The molecule has 3 unspecified atom stereocenters. The minimum atomic E-state index is -2.36. The molecule has 1 aliphatic heterocycles. The van der Waals surface area contributed by atoms with Crippen LogP contribution in [0.15, 0.2) is 84.0 Å². The molecular weight excluding hydrogens is 645 g/mol. The number of hydrogen-bond donors (Lipinski definition) is 2. The summed E-state index contributed by atoms with van der Waals surface area (Å²) >= 11 is 1.40. The van der Waals surface area contributed by atoms with Crippen molar-refractivity contribution in [2.75, 3.05) is 11.1 Å². The van der Waals surface area contributed by atoms with Gasteiger partial charge in [0.2, 0.25) is 11.0 Å². The van der Waals surface area contributed by atoms with E-state index in [9.17, 15) is 31.9 Å². The number of nitrogens with zero attached hydrogens (tertiary/aromatic N) is 4. The highest BCUT2D eigenvalue weighted by atomic mass is 32.2. The number of hydrogen-bond acceptors (Lipinski definition) is 8. The standard InChI is InChI=1S/C32H24F5N5O4S/c33-25-24(26(34)28(36)29(37)27(25)35)30(44)38-20-12-10-19(11-13-20)31-45-22(14-23(46-31)18-8-6-17(15-43)7-9-18)16-47-32-39-40-41-42(32)21-4-2-1-3-5-21/h1-13,22-23,31,43H,14-16H2,(H,38,44).